The van der Waals surface area contributed by atoms with Crippen LogP contribution >= 0.6 is 16.5 Å². The number of carbonyl (C=O) groups excluding carboxylic acids is 1. The minimum Gasteiger partial charge on any atom is -0.474 e. The van der Waals surface area contributed by atoms with Gasteiger partial charge in [-0.1, -0.05) is 6.92 Å². The Morgan fingerprint density at radius 1 is 1.23 bits per heavy atom. The minimum atomic E-state index is -3.02. The minimum absolute atomic E-state index is 0.00711. The van der Waals surface area contributed by atoms with Gasteiger partial charge in [-0.05, 0) is 44.7 Å². The molecule has 47 heavy (non-hydrogen) atoms. The van der Waals surface area contributed by atoms with E-state index in [0.29, 0.717) is 25.3 Å². The van der Waals surface area contributed by atoms with Gasteiger partial charge in [0.2, 0.25) is 17.7 Å². The van der Waals surface area contributed by atoms with Crippen molar-refractivity contribution < 1.29 is 47.0 Å². The van der Waals surface area contributed by atoms with Gasteiger partial charge in [-0.3, -0.25) is 24.5 Å². The standard InChI is InChI=1S/C26H34N8O11P2/c1-14-8-16(43-19-5-7-28-12-29-19)9-15(14)10-42-47(40)45-22-21(36)17(11-41-46(38)39)44-25(22)34-13-30-20-23(34)32-26(33-24(20)37)31-18(35)4-3-6-27-2/h5,7,12-17,21-22,25,27,36H,3-4,6,8-11H2,1-2H3,(H-2,31,32,33,35,37,38,39)/p+2/t14-,15+,16-,17+,21+,22+,25+/m0/s1. The maximum absolute atomic E-state index is 13.1. The fourth-order valence-corrected chi connectivity index (χ4v) is 6.61. The molecule has 5 rings (SSSR count). The number of amides is 1. The lowest BCUT2D eigenvalue weighted by Gasteiger charge is -2.17. The smallest absolute Gasteiger partial charge is 0.474 e. The summed E-state index contributed by atoms with van der Waals surface area (Å²) >= 11 is 0. The van der Waals surface area contributed by atoms with Gasteiger partial charge in [-0.2, -0.15) is 4.98 Å². The summed E-state index contributed by atoms with van der Waals surface area (Å²) in [5.41, 5.74) is -0.803. The van der Waals surface area contributed by atoms with Crippen molar-refractivity contribution in [3.05, 3.63) is 35.3 Å². The molecule has 0 bridgehead atoms. The number of H-pyrrole nitrogens is 1. The van der Waals surface area contributed by atoms with Crippen molar-refractivity contribution in [3.63, 3.8) is 0 Å². The number of hydrogen-bond acceptors (Lipinski definition) is 15. The first-order valence-corrected chi connectivity index (χ1v) is 17.1. The first kappa shape index (κ1) is 34.9. The van der Waals surface area contributed by atoms with E-state index >= 15 is 0 Å². The summed E-state index contributed by atoms with van der Waals surface area (Å²) in [6, 6.07) is 1.67. The number of nitrogens with zero attached hydrogens (tertiary/aromatic N) is 5. The highest BCUT2D eigenvalue weighted by molar-refractivity contribution is 7.33. The molecule has 3 aromatic rings. The maximum atomic E-state index is 13.1. The van der Waals surface area contributed by atoms with Gasteiger partial charge >= 0.3 is 16.5 Å². The van der Waals surface area contributed by atoms with Gasteiger partial charge in [0.25, 0.3) is 5.56 Å². The monoisotopic (exact) mass is 698 g/mol. The first-order chi connectivity index (χ1) is 22.6. The second-order valence-electron chi connectivity index (χ2n) is 11.2. The van der Waals surface area contributed by atoms with Crippen LogP contribution in [-0.2, 0) is 32.2 Å². The quantitative estimate of drug-likeness (QED) is 0.104. The summed E-state index contributed by atoms with van der Waals surface area (Å²) in [5, 5.41) is 16.6. The van der Waals surface area contributed by atoms with Crippen molar-refractivity contribution >= 4 is 39.5 Å². The number of fused-ring (bicyclic) bond motifs is 1. The Kier molecular flexibility index (Phi) is 12.0. The fraction of sp³-hybridized carbons (Fsp3) is 0.615. The summed E-state index contributed by atoms with van der Waals surface area (Å²) in [6.45, 7) is 2.22. The molecular formula is C26H36N8O11P2+2. The molecular weight excluding hydrogens is 662 g/mol. The third-order valence-corrected chi connectivity index (χ3v) is 9.05. The van der Waals surface area contributed by atoms with Gasteiger partial charge in [0.15, 0.2) is 23.5 Å². The summed E-state index contributed by atoms with van der Waals surface area (Å²) < 4.78 is 53.4. The molecule has 1 amide bonds. The van der Waals surface area contributed by atoms with Crippen molar-refractivity contribution in [1.29, 1.82) is 0 Å². The van der Waals surface area contributed by atoms with Crippen LogP contribution < -0.4 is 20.9 Å². The lowest BCUT2D eigenvalue weighted by atomic mass is 10.00. The number of aromatic nitrogens is 6. The van der Waals surface area contributed by atoms with E-state index in [1.807, 2.05) is 6.92 Å². The zero-order valence-electron chi connectivity index (χ0n) is 25.5. The molecule has 2 aliphatic rings. The predicted molar refractivity (Wildman–Crippen MR) is 162 cm³/mol. The average Bonchev–Trinajstić information content (AvgIpc) is 3.70. The Balaban J connectivity index is 1.29. The second-order valence-corrected chi connectivity index (χ2v) is 12.8. The number of nitrogens with one attached hydrogen (secondary N) is 3. The number of aliphatic hydroxyl groups excluding tert-OH is 1. The SMILES string of the molecule is CNCCCC(=O)Nc1nc2c(ncn2[C@@H]2O[C@H](CO[P+](=O)O)[C@@H](O)[C@H]2O[P+](=O)OC[C@H]2C[C@@H](Oc3ccncn3)C[C@@H]2C)c(=O)[nH]1. The summed E-state index contributed by atoms with van der Waals surface area (Å²) in [5.74, 6) is 0.109. The van der Waals surface area contributed by atoms with Crippen LogP contribution in [0.1, 0.15) is 38.8 Å². The molecule has 2 unspecified atom stereocenters. The molecule has 254 valence electrons. The highest BCUT2D eigenvalue weighted by Crippen LogP contribution is 2.42. The van der Waals surface area contributed by atoms with E-state index in [2.05, 4.69) is 35.6 Å². The molecule has 5 N–H and O–H groups in total. The molecule has 0 radical (unpaired) electrons. The van der Waals surface area contributed by atoms with Crippen LogP contribution in [0.5, 0.6) is 5.88 Å². The number of rotatable bonds is 16. The van der Waals surface area contributed by atoms with Crippen LogP contribution in [0.2, 0.25) is 0 Å². The van der Waals surface area contributed by atoms with Crippen LogP contribution in [-0.4, -0.2) is 96.6 Å². The maximum Gasteiger partial charge on any atom is 0.697 e. The van der Waals surface area contributed by atoms with Crippen molar-refractivity contribution in [3.8, 4) is 5.88 Å². The third kappa shape index (κ3) is 8.95. The number of hydrogen-bond donors (Lipinski definition) is 5. The molecule has 1 aliphatic carbocycles. The van der Waals surface area contributed by atoms with E-state index in [1.54, 1.807) is 19.3 Å². The van der Waals surface area contributed by atoms with Crippen LogP contribution in [0, 0.1) is 11.8 Å². The molecule has 2 fully saturated rings. The largest absolute Gasteiger partial charge is 0.697 e. The Bertz CT molecular complexity index is 1610. The Morgan fingerprint density at radius 2 is 2.06 bits per heavy atom. The predicted octanol–water partition coefficient (Wildman–Crippen LogP) is 1.33. The van der Waals surface area contributed by atoms with Crippen LogP contribution in [0.15, 0.2) is 29.7 Å². The zero-order valence-corrected chi connectivity index (χ0v) is 27.3. The van der Waals surface area contributed by atoms with Crippen LogP contribution in [0.4, 0.5) is 5.95 Å². The zero-order chi connectivity index (χ0) is 33.5. The molecule has 0 spiro atoms. The van der Waals surface area contributed by atoms with Crippen molar-refractivity contribution in [2.45, 2.75) is 63.3 Å². The van der Waals surface area contributed by atoms with Gasteiger partial charge in [0.1, 0.15) is 37.9 Å². The van der Waals surface area contributed by atoms with E-state index in [-0.39, 0.29) is 54.0 Å². The van der Waals surface area contributed by atoms with Crippen LogP contribution in [0.3, 0.4) is 0 Å². The van der Waals surface area contributed by atoms with Crippen LogP contribution in [0.25, 0.3) is 11.2 Å². The van der Waals surface area contributed by atoms with Crippen molar-refractivity contribution in [2.75, 3.05) is 32.1 Å². The molecule has 0 aromatic carbocycles. The molecule has 1 saturated heterocycles. The number of ether oxygens (including phenoxy) is 2. The summed E-state index contributed by atoms with van der Waals surface area (Å²) in [7, 11) is -4.07. The molecule has 4 heterocycles. The second kappa shape index (κ2) is 16.1. The highest BCUT2D eigenvalue weighted by Gasteiger charge is 2.52. The topological polar surface area (TPSA) is 251 Å². The lowest BCUT2D eigenvalue weighted by Crippen LogP contribution is -2.34. The lowest BCUT2D eigenvalue weighted by molar-refractivity contribution is -0.116. The Morgan fingerprint density at radius 3 is 2.81 bits per heavy atom. The Labute approximate surface area is 269 Å². The normalized spacial score (nSPS) is 26.4. The number of aromatic amines is 1. The average molecular weight is 699 g/mol. The van der Waals surface area contributed by atoms with Gasteiger partial charge in [-0.15, -0.1) is 18.5 Å². The van der Waals surface area contributed by atoms with Crippen molar-refractivity contribution in [2.24, 2.45) is 11.8 Å². The number of carbonyl (C=O) groups is 1. The van der Waals surface area contributed by atoms with E-state index in [1.165, 1.54) is 17.2 Å². The number of imidazole rings is 1. The summed E-state index contributed by atoms with van der Waals surface area (Å²) in [4.78, 5) is 53.1. The summed E-state index contributed by atoms with van der Waals surface area (Å²) in [6.07, 6.45) is 0.782. The molecule has 1 saturated carbocycles. The molecule has 21 heteroatoms. The third-order valence-electron chi connectivity index (χ3n) is 7.91. The van der Waals surface area contributed by atoms with E-state index in [9.17, 15) is 23.8 Å². The number of aliphatic hydroxyl groups is 1. The van der Waals surface area contributed by atoms with Crippen molar-refractivity contribution in [1.82, 2.24) is 34.8 Å². The van der Waals surface area contributed by atoms with Gasteiger partial charge < -0.3 is 19.9 Å². The van der Waals surface area contributed by atoms with E-state index < -0.39 is 53.2 Å². The number of anilines is 1. The first-order valence-electron chi connectivity index (χ1n) is 14.9. The fourth-order valence-electron chi connectivity index (χ4n) is 5.53. The van der Waals surface area contributed by atoms with Gasteiger partial charge in [-0.25, -0.2) is 15.0 Å². The molecule has 9 atom stereocenters. The Hall–Kier alpha value is -3.38. The molecule has 19 nitrogen and oxygen atoms in total. The molecule has 3 aromatic heterocycles. The van der Waals surface area contributed by atoms with Gasteiger partial charge in [0.05, 0.1) is 6.33 Å². The van der Waals surface area contributed by atoms with Gasteiger partial charge in [0, 0.05) is 27.8 Å². The molecule has 1 aliphatic heterocycles. The van der Waals surface area contributed by atoms with E-state index in [4.69, 9.17) is 27.9 Å². The van der Waals surface area contributed by atoms with E-state index in [0.717, 1.165) is 6.42 Å². The highest BCUT2D eigenvalue weighted by atomic mass is 31.1.